The van der Waals surface area contributed by atoms with E-state index in [9.17, 15) is 9.90 Å². The van der Waals surface area contributed by atoms with Crippen LogP contribution in [0.2, 0.25) is 0 Å². The maximum atomic E-state index is 11.4. The summed E-state index contributed by atoms with van der Waals surface area (Å²) in [4.78, 5) is 17.5. The molecule has 0 bridgehead atoms. The highest BCUT2D eigenvalue weighted by molar-refractivity contribution is 6.07. The molecule has 32 heavy (non-hydrogen) atoms. The highest BCUT2D eigenvalue weighted by Gasteiger charge is 2.45. The molecule has 4 heteroatoms. The molecule has 1 aliphatic carbocycles. The predicted octanol–water partition coefficient (Wildman–Crippen LogP) is 5.82. The number of carboxylic acid groups (broad SMARTS) is 1. The van der Waals surface area contributed by atoms with Gasteiger partial charge in [0, 0.05) is 28.4 Å². The van der Waals surface area contributed by atoms with Gasteiger partial charge in [0.1, 0.15) is 0 Å². The Kier molecular flexibility index (Phi) is 4.58. The van der Waals surface area contributed by atoms with E-state index in [1.54, 1.807) is 0 Å². The van der Waals surface area contributed by atoms with Gasteiger partial charge in [-0.15, -0.1) is 0 Å². The van der Waals surface area contributed by atoms with Crippen LogP contribution in [0.1, 0.15) is 48.3 Å². The van der Waals surface area contributed by atoms with Crippen molar-refractivity contribution in [2.24, 2.45) is 0 Å². The average Bonchev–Trinajstić information content (AvgIpc) is 3.31. The lowest BCUT2D eigenvalue weighted by molar-refractivity contribution is -0.137. The molecule has 1 atom stereocenters. The minimum atomic E-state index is -0.688. The summed E-state index contributed by atoms with van der Waals surface area (Å²) in [5, 5.41) is 12.0. The van der Waals surface area contributed by atoms with Crippen molar-refractivity contribution in [3.63, 3.8) is 0 Å². The number of aromatic nitrogens is 1. The summed E-state index contributed by atoms with van der Waals surface area (Å²) in [5.41, 5.74) is 6.57. The number of aromatic amines is 1. The minimum absolute atomic E-state index is 0.147. The van der Waals surface area contributed by atoms with E-state index in [-0.39, 0.29) is 17.8 Å². The van der Waals surface area contributed by atoms with Gasteiger partial charge in [-0.2, -0.15) is 0 Å². The summed E-state index contributed by atoms with van der Waals surface area (Å²) >= 11 is 0. The Balaban J connectivity index is 1.19. The smallest absolute Gasteiger partial charge is 0.303 e. The molecule has 0 radical (unpaired) electrons. The molecule has 1 spiro atoms. The van der Waals surface area contributed by atoms with E-state index in [0.29, 0.717) is 0 Å². The van der Waals surface area contributed by atoms with Crippen molar-refractivity contribution in [1.29, 1.82) is 0 Å². The van der Waals surface area contributed by atoms with Crippen LogP contribution in [0.4, 0.5) is 0 Å². The van der Waals surface area contributed by atoms with Crippen molar-refractivity contribution in [2.75, 3.05) is 13.1 Å². The van der Waals surface area contributed by atoms with E-state index in [0.717, 1.165) is 38.9 Å². The number of likely N-dealkylation sites (tertiary alicyclic amines) is 1. The van der Waals surface area contributed by atoms with E-state index in [1.807, 2.05) is 0 Å². The molecular formula is C28H28N2O2. The summed E-state index contributed by atoms with van der Waals surface area (Å²) in [5.74, 6) is -0.536. The highest BCUT2D eigenvalue weighted by atomic mass is 16.4. The maximum Gasteiger partial charge on any atom is 0.303 e. The number of aliphatic carboxylic acids is 1. The third-order valence-electron chi connectivity index (χ3n) is 7.82. The number of nitrogens with one attached hydrogen (secondary N) is 1. The van der Waals surface area contributed by atoms with Crippen molar-refractivity contribution in [2.45, 2.75) is 43.6 Å². The third-order valence-corrected chi connectivity index (χ3v) is 7.82. The molecular weight excluding hydrogens is 396 g/mol. The minimum Gasteiger partial charge on any atom is -0.481 e. The fraction of sp³-hybridized carbons (Fsp3) is 0.321. The first-order valence-electron chi connectivity index (χ1n) is 11.6. The van der Waals surface area contributed by atoms with Crippen LogP contribution in [0.3, 0.4) is 0 Å². The molecule has 1 fully saturated rings. The number of rotatable bonds is 4. The second-order valence-electron chi connectivity index (χ2n) is 9.69. The van der Waals surface area contributed by atoms with E-state index in [1.165, 1.54) is 38.5 Å². The van der Waals surface area contributed by atoms with Gasteiger partial charge in [0.05, 0.1) is 6.42 Å². The number of piperidine rings is 1. The number of hydrogen-bond donors (Lipinski definition) is 2. The Hall–Kier alpha value is -3.11. The van der Waals surface area contributed by atoms with Gasteiger partial charge in [-0.1, -0.05) is 54.6 Å². The van der Waals surface area contributed by atoms with Crippen LogP contribution in [0.5, 0.6) is 0 Å². The Morgan fingerprint density at radius 3 is 2.56 bits per heavy atom. The maximum absolute atomic E-state index is 11.4. The Morgan fingerprint density at radius 1 is 0.969 bits per heavy atom. The zero-order valence-corrected chi connectivity index (χ0v) is 18.2. The Morgan fingerprint density at radius 2 is 1.72 bits per heavy atom. The van der Waals surface area contributed by atoms with Crippen molar-refractivity contribution in [3.05, 3.63) is 83.4 Å². The summed E-state index contributed by atoms with van der Waals surface area (Å²) in [6.07, 6.45) is 3.43. The van der Waals surface area contributed by atoms with Gasteiger partial charge < -0.3 is 10.1 Å². The zero-order chi connectivity index (χ0) is 21.7. The molecule has 2 N–H and O–H groups in total. The summed E-state index contributed by atoms with van der Waals surface area (Å²) < 4.78 is 0. The van der Waals surface area contributed by atoms with Gasteiger partial charge in [-0.3, -0.25) is 9.69 Å². The third kappa shape index (κ3) is 3.21. The molecule has 162 valence electrons. The molecule has 4 aromatic rings. The van der Waals surface area contributed by atoms with Crippen molar-refractivity contribution in [3.8, 4) is 0 Å². The number of para-hydroxylation sites is 1. The first-order chi connectivity index (χ1) is 15.6. The molecule has 0 amide bonds. The number of benzene rings is 3. The summed E-state index contributed by atoms with van der Waals surface area (Å²) in [7, 11) is 0. The van der Waals surface area contributed by atoms with Gasteiger partial charge in [0.25, 0.3) is 0 Å². The molecule has 4 nitrogen and oxygen atoms in total. The quantitative estimate of drug-likeness (QED) is 0.434. The van der Waals surface area contributed by atoms with Crippen LogP contribution in [-0.2, 0) is 16.8 Å². The molecule has 2 heterocycles. The largest absolute Gasteiger partial charge is 0.481 e. The van der Waals surface area contributed by atoms with Crippen LogP contribution in [0.15, 0.2) is 66.7 Å². The highest BCUT2D eigenvalue weighted by Crippen LogP contribution is 2.52. The van der Waals surface area contributed by atoms with E-state index < -0.39 is 5.97 Å². The lowest BCUT2D eigenvalue weighted by atomic mass is 9.73. The van der Waals surface area contributed by atoms with Crippen LogP contribution in [-0.4, -0.2) is 34.0 Å². The summed E-state index contributed by atoms with van der Waals surface area (Å²) in [6.45, 7) is 3.07. The normalized spacial score (nSPS) is 20.2. The van der Waals surface area contributed by atoms with E-state index in [2.05, 4.69) is 76.6 Å². The molecule has 1 unspecified atom stereocenters. The molecule has 6 rings (SSSR count). The SMILES string of the molecule is O=C(O)CC1CC2(CCN(Cc3ccc4c(c3)[nH]c3ccccc34)CC2)c2ccccc21. The van der Waals surface area contributed by atoms with Crippen LogP contribution in [0, 0.1) is 0 Å². The first kappa shape index (κ1) is 19.6. The number of nitrogens with zero attached hydrogens (tertiary/aromatic N) is 1. The molecule has 0 saturated carbocycles. The fourth-order valence-corrected chi connectivity index (χ4v) is 6.29. The van der Waals surface area contributed by atoms with Crippen molar-refractivity contribution in [1.82, 2.24) is 9.88 Å². The zero-order valence-electron chi connectivity index (χ0n) is 18.2. The fourth-order valence-electron chi connectivity index (χ4n) is 6.29. The van der Waals surface area contributed by atoms with Gasteiger partial charge in [0.15, 0.2) is 0 Å². The molecule has 2 aliphatic rings. The number of H-pyrrole nitrogens is 1. The van der Waals surface area contributed by atoms with Crippen molar-refractivity contribution < 1.29 is 9.90 Å². The monoisotopic (exact) mass is 424 g/mol. The molecule has 1 aliphatic heterocycles. The van der Waals surface area contributed by atoms with E-state index in [4.69, 9.17) is 0 Å². The lowest BCUT2D eigenvalue weighted by Gasteiger charge is -2.40. The predicted molar refractivity (Wildman–Crippen MR) is 128 cm³/mol. The number of carboxylic acids is 1. The Labute approximate surface area is 187 Å². The lowest BCUT2D eigenvalue weighted by Crippen LogP contribution is -2.41. The van der Waals surface area contributed by atoms with Crippen LogP contribution in [0.25, 0.3) is 21.8 Å². The number of hydrogen-bond acceptors (Lipinski definition) is 2. The standard InChI is InChI=1S/C28H28N2O2/c31-27(32)16-20-17-28(24-7-3-1-5-21(20)24)11-13-30(14-12-28)18-19-9-10-23-22-6-2-4-8-25(22)29-26(23)15-19/h1-10,15,20,29H,11-14,16-18H2,(H,31,32). The molecule has 1 aromatic heterocycles. The summed E-state index contributed by atoms with van der Waals surface area (Å²) in [6, 6.07) is 23.9. The first-order valence-corrected chi connectivity index (χ1v) is 11.6. The second kappa shape index (κ2) is 7.49. The second-order valence-corrected chi connectivity index (χ2v) is 9.69. The van der Waals surface area contributed by atoms with Crippen LogP contribution >= 0.6 is 0 Å². The topological polar surface area (TPSA) is 56.3 Å². The average molecular weight is 425 g/mol. The van der Waals surface area contributed by atoms with Gasteiger partial charge in [-0.05, 0) is 72.5 Å². The molecule has 1 saturated heterocycles. The van der Waals surface area contributed by atoms with Gasteiger partial charge in [0.2, 0.25) is 0 Å². The van der Waals surface area contributed by atoms with Gasteiger partial charge in [-0.25, -0.2) is 0 Å². The number of carbonyl (C=O) groups is 1. The van der Waals surface area contributed by atoms with Gasteiger partial charge >= 0.3 is 5.97 Å². The van der Waals surface area contributed by atoms with Crippen LogP contribution < -0.4 is 0 Å². The van der Waals surface area contributed by atoms with Crippen molar-refractivity contribution >= 4 is 27.8 Å². The molecule has 3 aromatic carbocycles. The Bertz CT molecular complexity index is 1310. The van der Waals surface area contributed by atoms with E-state index >= 15 is 0 Å². The number of fused-ring (bicyclic) bond motifs is 5.